The van der Waals surface area contributed by atoms with Gasteiger partial charge in [0.2, 0.25) is 0 Å². The number of carbonyl (C=O) groups excluding carboxylic acids is 1. The van der Waals surface area contributed by atoms with Crippen LogP contribution in [0.2, 0.25) is 0 Å². The number of aryl methyl sites for hydroxylation is 1. The maximum atomic E-state index is 13.9. The van der Waals surface area contributed by atoms with Crippen molar-refractivity contribution in [3.8, 4) is 0 Å². The van der Waals surface area contributed by atoms with Gasteiger partial charge < -0.3 is 9.51 Å². The van der Waals surface area contributed by atoms with Gasteiger partial charge in [0.15, 0.2) is 5.78 Å². The number of halogens is 3. The minimum absolute atomic E-state index is 0. The predicted octanol–water partition coefficient (Wildman–Crippen LogP) is 11.5. The molecule has 8 heteroatoms. The van der Waals surface area contributed by atoms with E-state index in [2.05, 4.69) is 28.4 Å². The molecule has 4 aromatic carbocycles. The summed E-state index contributed by atoms with van der Waals surface area (Å²) >= 11 is 0. The van der Waals surface area contributed by atoms with Crippen molar-refractivity contribution in [2.45, 2.75) is 66.5 Å². The summed E-state index contributed by atoms with van der Waals surface area (Å²) in [5.41, 5.74) is 3.57. The van der Waals surface area contributed by atoms with Crippen LogP contribution in [0.4, 0.5) is 13.2 Å². The number of para-hydroxylation sites is 1. The summed E-state index contributed by atoms with van der Waals surface area (Å²) in [6, 6.07) is 22.8. The molecule has 48 heavy (non-hydrogen) atoms. The third kappa shape index (κ3) is 5.83. The summed E-state index contributed by atoms with van der Waals surface area (Å²) in [7, 11) is 0. The van der Waals surface area contributed by atoms with E-state index in [1.54, 1.807) is 12.1 Å². The van der Waals surface area contributed by atoms with Crippen molar-refractivity contribution in [1.82, 2.24) is 9.38 Å². The quantitative estimate of drug-likeness (QED) is 0.0572. The molecule has 3 aromatic heterocycles. The summed E-state index contributed by atoms with van der Waals surface area (Å²) in [5.74, 6) is 0.547. The number of carbonyl (C=O) groups is 1. The van der Waals surface area contributed by atoms with Crippen LogP contribution in [0.5, 0.6) is 0 Å². The van der Waals surface area contributed by atoms with Crippen molar-refractivity contribution < 1.29 is 43.2 Å². The monoisotopic (exact) mass is 828 g/mol. The van der Waals surface area contributed by atoms with Crippen molar-refractivity contribution in [1.29, 1.82) is 0 Å². The normalized spacial score (nSPS) is 12.6. The van der Waals surface area contributed by atoms with E-state index in [-0.39, 0.29) is 48.9 Å². The zero-order valence-corrected chi connectivity index (χ0v) is 30.0. The van der Waals surface area contributed by atoms with Crippen LogP contribution in [0.25, 0.3) is 59.8 Å². The predicted molar refractivity (Wildman–Crippen MR) is 186 cm³/mol. The molecule has 3 heterocycles. The Hall–Kier alpha value is -4.00. The van der Waals surface area contributed by atoms with Crippen LogP contribution in [0.1, 0.15) is 64.5 Å². The number of pyridine rings is 2. The number of ketones is 1. The Morgan fingerprint density at radius 3 is 2.10 bits per heavy atom. The molecule has 4 nitrogen and oxygen atoms in total. The number of benzene rings is 4. The van der Waals surface area contributed by atoms with Crippen LogP contribution < -0.4 is 0 Å². The van der Waals surface area contributed by atoms with Crippen LogP contribution in [-0.4, -0.2) is 20.3 Å². The Morgan fingerprint density at radius 2 is 1.46 bits per heavy atom. The number of fused-ring (bicyclic) bond motifs is 7. The molecule has 0 bridgehead atoms. The Bertz CT molecular complexity index is 2300. The van der Waals surface area contributed by atoms with Gasteiger partial charge in [0.1, 0.15) is 0 Å². The standard InChI is InChI=1S/C27H14F3N2.C13H24O2.Ir/c1-14-16-7-3-2-6-15(16)12-20-24-23-19(21(13-31-24)27(28,29)30)11-10-18-17-8-4-5-9-22(17)32(25(14)20)26(18)23;1-5-10(6-2)12(14)9-13(15)11(7-3)8-4;/h2-11,13H,1H3;9-11,14H,5-8H2,1-4H3;/q-1;;/b;12-9-;. The van der Waals surface area contributed by atoms with E-state index in [0.29, 0.717) is 10.9 Å². The van der Waals surface area contributed by atoms with Gasteiger partial charge in [-0.15, -0.1) is 17.5 Å². The number of allylic oxidation sites excluding steroid dienone is 2. The fourth-order valence-corrected chi connectivity index (χ4v) is 7.09. The summed E-state index contributed by atoms with van der Waals surface area (Å²) < 4.78 is 43.8. The third-order valence-corrected chi connectivity index (χ3v) is 9.72. The first-order valence-corrected chi connectivity index (χ1v) is 16.4. The van der Waals surface area contributed by atoms with E-state index in [9.17, 15) is 23.1 Å². The van der Waals surface area contributed by atoms with Gasteiger partial charge in [0.25, 0.3) is 0 Å². The van der Waals surface area contributed by atoms with Crippen molar-refractivity contribution in [3.05, 3.63) is 95.9 Å². The Balaban J connectivity index is 0.000000243. The summed E-state index contributed by atoms with van der Waals surface area (Å²) in [4.78, 5) is 16.1. The number of rotatable bonds is 7. The maximum Gasteiger partial charge on any atom is 0.418 e. The molecule has 0 spiro atoms. The first-order chi connectivity index (χ1) is 22.5. The van der Waals surface area contributed by atoms with Crippen LogP contribution in [0, 0.1) is 24.8 Å². The third-order valence-electron chi connectivity index (χ3n) is 9.72. The minimum atomic E-state index is -4.49. The summed E-state index contributed by atoms with van der Waals surface area (Å²) in [6.07, 6.45) is 1.38. The number of hydrogen-bond donors (Lipinski definition) is 1. The molecule has 0 saturated heterocycles. The number of aromatic nitrogens is 2. The topological polar surface area (TPSA) is 54.6 Å². The molecule has 0 atom stereocenters. The van der Waals surface area contributed by atoms with Crippen LogP contribution >= 0.6 is 0 Å². The molecular weight excluding hydrogens is 790 g/mol. The van der Waals surface area contributed by atoms with E-state index >= 15 is 0 Å². The number of hydrogen-bond acceptors (Lipinski definition) is 3. The van der Waals surface area contributed by atoms with Gasteiger partial charge in [-0.05, 0) is 48.0 Å². The van der Waals surface area contributed by atoms with E-state index < -0.39 is 11.7 Å². The SMILES string of the molecule is CCC(CC)C(=O)/C=C(\O)C(CC)CC.Cc1c2ccccc2[c-]c2c3ncc(C(F)(F)F)c4ccc5c6ccccc6n(c12)c5c43.[Ir]. The number of nitrogens with zero attached hydrogens (tertiary/aromatic N) is 2. The van der Waals surface area contributed by atoms with Crippen LogP contribution in [0.15, 0.2) is 78.7 Å². The fraction of sp³-hybridized carbons (Fsp3) is 0.300. The fourth-order valence-electron chi connectivity index (χ4n) is 7.09. The van der Waals surface area contributed by atoms with Crippen molar-refractivity contribution >= 4 is 65.6 Å². The smallest absolute Gasteiger partial charge is 0.418 e. The van der Waals surface area contributed by atoms with Crippen molar-refractivity contribution in [2.24, 2.45) is 11.8 Å². The molecule has 1 radical (unpaired) electrons. The average molecular weight is 828 g/mol. The van der Waals surface area contributed by atoms with E-state index in [1.807, 2.05) is 70.2 Å². The summed E-state index contributed by atoms with van der Waals surface area (Å²) in [6.45, 7) is 10.1. The summed E-state index contributed by atoms with van der Waals surface area (Å²) in [5, 5.41) is 15.1. The van der Waals surface area contributed by atoms with Gasteiger partial charge in [-0.25, -0.2) is 0 Å². The van der Waals surface area contributed by atoms with Crippen LogP contribution in [0.3, 0.4) is 0 Å². The first-order valence-electron chi connectivity index (χ1n) is 16.4. The molecule has 1 N–H and O–H groups in total. The minimum Gasteiger partial charge on any atom is -0.512 e. The molecule has 7 rings (SSSR count). The number of alkyl halides is 3. The van der Waals surface area contributed by atoms with Crippen molar-refractivity contribution in [2.75, 3.05) is 0 Å². The molecule has 0 aliphatic heterocycles. The molecule has 0 amide bonds. The molecule has 0 unspecified atom stereocenters. The Morgan fingerprint density at radius 1 is 0.854 bits per heavy atom. The number of aliphatic hydroxyl groups is 1. The first kappa shape index (κ1) is 35.3. The second-order valence-corrected chi connectivity index (χ2v) is 12.3. The Labute approximate surface area is 291 Å². The Kier molecular flexibility index (Phi) is 10.2. The molecule has 0 aliphatic carbocycles. The second-order valence-electron chi connectivity index (χ2n) is 12.3. The van der Waals surface area contributed by atoms with E-state index in [4.69, 9.17) is 0 Å². The van der Waals surface area contributed by atoms with E-state index in [0.717, 1.165) is 80.9 Å². The van der Waals surface area contributed by atoms with Gasteiger partial charge in [-0.2, -0.15) is 13.2 Å². The molecule has 0 saturated carbocycles. The zero-order valence-electron chi connectivity index (χ0n) is 27.6. The largest absolute Gasteiger partial charge is 0.512 e. The average Bonchev–Trinajstić information content (AvgIpc) is 3.40. The molecular formula is C40H38F3IrN2O2-. The molecule has 251 valence electrons. The molecule has 0 fully saturated rings. The zero-order chi connectivity index (χ0) is 33.6. The number of aliphatic hydroxyl groups excluding tert-OH is 1. The molecule has 0 aliphatic rings. The maximum absolute atomic E-state index is 13.9. The van der Waals surface area contributed by atoms with Crippen molar-refractivity contribution in [3.63, 3.8) is 0 Å². The van der Waals surface area contributed by atoms with Crippen LogP contribution in [-0.2, 0) is 31.1 Å². The van der Waals surface area contributed by atoms with Gasteiger partial charge in [0, 0.05) is 71.5 Å². The van der Waals surface area contributed by atoms with Gasteiger partial charge in [0.05, 0.1) is 11.3 Å². The van der Waals surface area contributed by atoms with Gasteiger partial charge in [-0.3, -0.25) is 9.78 Å². The van der Waals surface area contributed by atoms with Gasteiger partial charge in [-0.1, -0.05) is 99.5 Å². The van der Waals surface area contributed by atoms with Gasteiger partial charge >= 0.3 is 6.18 Å². The molecule has 7 aromatic rings. The second kappa shape index (κ2) is 13.9. The van der Waals surface area contributed by atoms with E-state index in [1.165, 1.54) is 6.08 Å².